The Kier molecular flexibility index (Phi) is 3.87. The van der Waals surface area contributed by atoms with Crippen molar-refractivity contribution in [2.75, 3.05) is 5.43 Å². The van der Waals surface area contributed by atoms with Gasteiger partial charge < -0.3 is 0 Å². The van der Waals surface area contributed by atoms with Gasteiger partial charge in [-0.05, 0) is 29.8 Å². The third kappa shape index (κ3) is 2.93. The first kappa shape index (κ1) is 13.4. The lowest BCUT2D eigenvalue weighted by atomic mass is 10.2. The second kappa shape index (κ2) is 5.79. The molecule has 0 bridgehead atoms. The zero-order valence-electron chi connectivity index (χ0n) is 10.2. The number of hydrogen-bond donors (Lipinski definition) is 1. The average Bonchev–Trinajstić information content (AvgIpc) is 2.85. The number of anilines is 1. The molecule has 2 aromatic carbocycles. The van der Waals surface area contributed by atoms with Crippen LogP contribution in [0, 0.1) is 0 Å². The topological polar surface area (TPSA) is 37.3 Å². The lowest BCUT2D eigenvalue weighted by Gasteiger charge is -1.97. The van der Waals surface area contributed by atoms with Crippen LogP contribution in [0.15, 0.2) is 47.6 Å². The number of para-hydroxylation sites is 1. The van der Waals surface area contributed by atoms with E-state index >= 15 is 0 Å². The molecule has 1 N–H and O–H groups in total. The summed E-state index contributed by atoms with van der Waals surface area (Å²) in [6, 6.07) is 13.3. The zero-order chi connectivity index (χ0) is 13.9. The van der Waals surface area contributed by atoms with Gasteiger partial charge in [0.2, 0.25) is 5.13 Å². The zero-order valence-corrected chi connectivity index (χ0v) is 12.5. The summed E-state index contributed by atoms with van der Waals surface area (Å²) in [5, 5.41) is 5.94. The smallest absolute Gasteiger partial charge is 0.204 e. The summed E-state index contributed by atoms with van der Waals surface area (Å²) < 4.78 is 1.12. The molecule has 3 nitrogen and oxygen atoms in total. The van der Waals surface area contributed by atoms with E-state index in [-0.39, 0.29) is 0 Å². The van der Waals surface area contributed by atoms with E-state index in [0.717, 1.165) is 20.9 Å². The molecule has 20 heavy (non-hydrogen) atoms. The van der Waals surface area contributed by atoms with Crippen LogP contribution in [0.4, 0.5) is 5.13 Å². The third-order valence-corrected chi connectivity index (χ3v) is 4.29. The molecule has 0 fully saturated rings. The van der Waals surface area contributed by atoms with Crippen molar-refractivity contribution in [2.24, 2.45) is 5.10 Å². The molecule has 0 amide bonds. The molecule has 100 valence electrons. The summed E-state index contributed by atoms with van der Waals surface area (Å²) >= 11 is 13.3. The van der Waals surface area contributed by atoms with E-state index in [1.807, 2.05) is 30.3 Å². The number of rotatable bonds is 3. The van der Waals surface area contributed by atoms with Crippen molar-refractivity contribution in [3.8, 4) is 0 Å². The summed E-state index contributed by atoms with van der Waals surface area (Å²) in [5.41, 5.74) is 4.75. The molecular formula is C14H9Cl2N3S. The van der Waals surface area contributed by atoms with Gasteiger partial charge in [-0.1, -0.05) is 52.7 Å². The molecule has 0 saturated carbocycles. The Morgan fingerprint density at radius 2 is 1.95 bits per heavy atom. The van der Waals surface area contributed by atoms with Gasteiger partial charge >= 0.3 is 0 Å². The fourth-order valence-corrected chi connectivity index (χ4v) is 2.80. The first-order chi connectivity index (χ1) is 9.72. The Morgan fingerprint density at radius 1 is 1.10 bits per heavy atom. The van der Waals surface area contributed by atoms with Gasteiger partial charge in [-0.15, -0.1) is 0 Å². The molecule has 0 radical (unpaired) electrons. The van der Waals surface area contributed by atoms with E-state index in [4.69, 9.17) is 23.2 Å². The van der Waals surface area contributed by atoms with Crippen molar-refractivity contribution in [1.29, 1.82) is 0 Å². The Labute approximate surface area is 129 Å². The number of nitrogens with one attached hydrogen (secondary N) is 1. The number of aromatic nitrogens is 1. The minimum absolute atomic E-state index is 0.510. The van der Waals surface area contributed by atoms with Crippen LogP contribution in [0.5, 0.6) is 0 Å². The van der Waals surface area contributed by atoms with Gasteiger partial charge in [0.15, 0.2) is 0 Å². The van der Waals surface area contributed by atoms with E-state index in [2.05, 4.69) is 15.5 Å². The van der Waals surface area contributed by atoms with Crippen molar-refractivity contribution < 1.29 is 0 Å². The lowest BCUT2D eigenvalue weighted by molar-refractivity contribution is 1.31. The Bertz CT molecular complexity index is 750. The highest BCUT2D eigenvalue weighted by Crippen LogP contribution is 2.25. The highest BCUT2D eigenvalue weighted by Gasteiger charge is 2.01. The maximum Gasteiger partial charge on any atom is 0.204 e. The van der Waals surface area contributed by atoms with Crippen LogP contribution in [-0.4, -0.2) is 11.2 Å². The highest BCUT2D eigenvalue weighted by molar-refractivity contribution is 7.22. The summed E-state index contributed by atoms with van der Waals surface area (Å²) in [5.74, 6) is 0. The van der Waals surface area contributed by atoms with Crippen molar-refractivity contribution in [1.82, 2.24) is 4.98 Å². The number of thiazole rings is 1. The van der Waals surface area contributed by atoms with E-state index in [1.165, 1.54) is 0 Å². The van der Waals surface area contributed by atoms with Gasteiger partial charge in [0.1, 0.15) is 0 Å². The molecule has 0 unspecified atom stereocenters. The van der Waals surface area contributed by atoms with Gasteiger partial charge in [0.25, 0.3) is 0 Å². The predicted molar refractivity (Wildman–Crippen MR) is 87.3 cm³/mol. The van der Waals surface area contributed by atoms with Crippen LogP contribution in [0.2, 0.25) is 10.0 Å². The number of nitrogens with zero attached hydrogens (tertiary/aromatic N) is 2. The maximum absolute atomic E-state index is 5.94. The van der Waals surface area contributed by atoms with Crippen LogP contribution in [0.25, 0.3) is 10.2 Å². The second-order valence-corrected chi connectivity index (χ2v) is 5.88. The molecule has 0 saturated heterocycles. The van der Waals surface area contributed by atoms with Crippen LogP contribution in [0.3, 0.4) is 0 Å². The first-order valence-corrected chi connectivity index (χ1v) is 7.39. The lowest BCUT2D eigenvalue weighted by Crippen LogP contribution is -1.89. The largest absolute Gasteiger partial charge is 0.253 e. The van der Waals surface area contributed by atoms with Crippen molar-refractivity contribution >= 4 is 56.1 Å². The van der Waals surface area contributed by atoms with Gasteiger partial charge in [-0.25, -0.2) is 4.98 Å². The van der Waals surface area contributed by atoms with Gasteiger partial charge in [0, 0.05) is 0 Å². The minimum Gasteiger partial charge on any atom is -0.253 e. The van der Waals surface area contributed by atoms with Crippen LogP contribution in [0.1, 0.15) is 5.56 Å². The molecule has 1 aromatic heterocycles. The minimum atomic E-state index is 0.510. The molecule has 0 atom stereocenters. The van der Waals surface area contributed by atoms with Gasteiger partial charge in [-0.3, -0.25) is 5.43 Å². The maximum atomic E-state index is 5.94. The standard InChI is InChI=1S/C14H9Cl2N3S/c15-10-6-5-9(7-11(10)16)8-17-19-14-18-12-3-1-2-4-13(12)20-14/h1-8H,(H,18,19)/b17-8-. The number of benzene rings is 2. The van der Waals surface area contributed by atoms with Crippen LogP contribution in [-0.2, 0) is 0 Å². The molecular weight excluding hydrogens is 313 g/mol. The molecule has 3 aromatic rings. The van der Waals surface area contributed by atoms with Crippen LogP contribution < -0.4 is 5.43 Å². The quantitative estimate of drug-likeness (QED) is 0.541. The van der Waals surface area contributed by atoms with Crippen molar-refractivity contribution in [3.63, 3.8) is 0 Å². The highest BCUT2D eigenvalue weighted by atomic mass is 35.5. The van der Waals surface area contributed by atoms with Crippen LogP contribution >= 0.6 is 34.5 Å². The third-order valence-electron chi connectivity index (χ3n) is 2.61. The van der Waals surface area contributed by atoms with Crippen molar-refractivity contribution in [3.05, 3.63) is 58.1 Å². The Balaban J connectivity index is 1.75. The summed E-state index contributed by atoms with van der Waals surface area (Å²) in [6.07, 6.45) is 1.67. The summed E-state index contributed by atoms with van der Waals surface area (Å²) in [4.78, 5) is 4.42. The van der Waals surface area contributed by atoms with E-state index in [0.29, 0.717) is 10.0 Å². The number of fused-ring (bicyclic) bond motifs is 1. The van der Waals surface area contributed by atoms with E-state index in [9.17, 15) is 0 Å². The second-order valence-electron chi connectivity index (χ2n) is 4.03. The Morgan fingerprint density at radius 3 is 2.75 bits per heavy atom. The molecule has 0 aliphatic heterocycles. The molecule has 0 spiro atoms. The fourth-order valence-electron chi connectivity index (χ4n) is 1.67. The van der Waals surface area contributed by atoms with Gasteiger partial charge in [0.05, 0.1) is 26.5 Å². The molecule has 3 rings (SSSR count). The average molecular weight is 322 g/mol. The summed E-state index contributed by atoms with van der Waals surface area (Å²) in [6.45, 7) is 0. The number of halogens is 2. The monoisotopic (exact) mass is 321 g/mol. The molecule has 6 heteroatoms. The van der Waals surface area contributed by atoms with Crippen molar-refractivity contribution in [2.45, 2.75) is 0 Å². The SMILES string of the molecule is Clc1ccc(/C=N\Nc2nc3ccccc3s2)cc1Cl. The Hall–Kier alpha value is -1.62. The van der Waals surface area contributed by atoms with E-state index < -0.39 is 0 Å². The molecule has 0 aliphatic rings. The predicted octanol–water partition coefficient (Wildman–Crippen LogP) is 5.05. The molecule has 1 heterocycles. The normalized spacial score (nSPS) is 11.3. The number of hydrazone groups is 1. The summed E-state index contributed by atoms with van der Waals surface area (Å²) in [7, 11) is 0. The molecule has 0 aliphatic carbocycles. The first-order valence-electron chi connectivity index (χ1n) is 5.82. The number of hydrogen-bond acceptors (Lipinski definition) is 4. The fraction of sp³-hybridized carbons (Fsp3) is 0. The van der Waals surface area contributed by atoms with Gasteiger partial charge in [-0.2, -0.15) is 5.10 Å². The van der Waals surface area contributed by atoms with E-state index in [1.54, 1.807) is 29.7 Å².